The highest BCUT2D eigenvalue weighted by atomic mass is 19.1. The standard InChI is InChI=1S/C26H31FN4O/c1-18-11-12-28-25(13-18)31-24(26(32)30-16-19(15-27)17-30)14-23(29-31)22-9-7-21(8-10-22)20-5-3-2-4-6-20/h7-13,19-20,24H,2-6,14-17H2,1H3. The molecule has 1 amide bonds. The van der Waals surface area contributed by atoms with Gasteiger partial charge in [0.1, 0.15) is 11.9 Å². The van der Waals surface area contributed by atoms with Crippen LogP contribution in [0.25, 0.3) is 0 Å². The van der Waals surface area contributed by atoms with Gasteiger partial charge in [-0.05, 0) is 54.5 Å². The molecule has 2 aliphatic heterocycles. The van der Waals surface area contributed by atoms with Crippen LogP contribution >= 0.6 is 0 Å². The highest BCUT2D eigenvalue weighted by Crippen LogP contribution is 2.34. The highest BCUT2D eigenvalue weighted by Gasteiger charge is 2.41. The fourth-order valence-corrected chi connectivity index (χ4v) is 5.18. The van der Waals surface area contributed by atoms with Gasteiger partial charge in [0.05, 0.1) is 12.4 Å². The molecule has 1 aliphatic carbocycles. The third kappa shape index (κ3) is 4.15. The molecule has 1 atom stereocenters. The number of carbonyl (C=O) groups excluding carboxylic acids is 1. The average Bonchev–Trinajstić information content (AvgIpc) is 3.25. The topological polar surface area (TPSA) is 48.8 Å². The van der Waals surface area contributed by atoms with Gasteiger partial charge in [0.25, 0.3) is 0 Å². The van der Waals surface area contributed by atoms with Gasteiger partial charge >= 0.3 is 0 Å². The predicted molar refractivity (Wildman–Crippen MR) is 125 cm³/mol. The fraction of sp³-hybridized carbons (Fsp3) is 0.500. The quantitative estimate of drug-likeness (QED) is 0.676. The van der Waals surface area contributed by atoms with E-state index in [2.05, 4.69) is 29.2 Å². The first kappa shape index (κ1) is 21.1. The fourth-order valence-electron chi connectivity index (χ4n) is 5.18. The van der Waals surface area contributed by atoms with E-state index in [1.54, 1.807) is 16.1 Å². The molecule has 1 aromatic carbocycles. The Kier molecular flexibility index (Phi) is 5.94. The summed E-state index contributed by atoms with van der Waals surface area (Å²) in [6.45, 7) is 2.62. The van der Waals surface area contributed by atoms with Crippen molar-refractivity contribution in [1.29, 1.82) is 0 Å². The molecule has 0 spiro atoms. The van der Waals surface area contributed by atoms with Gasteiger partial charge < -0.3 is 4.90 Å². The zero-order valence-corrected chi connectivity index (χ0v) is 18.7. The number of anilines is 1. The largest absolute Gasteiger partial charge is 0.340 e. The lowest BCUT2D eigenvalue weighted by molar-refractivity contribution is -0.139. The highest BCUT2D eigenvalue weighted by molar-refractivity contribution is 6.07. The Morgan fingerprint density at radius 1 is 1.09 bits per heavy atom. The summed E-state index contributed by atoms with van der Waals surface area (Å²) in [5.74, 6) is 1.33. The number of benzene rings is 1. The monoisotopic (exact) mass is 434 g/mol. The predicted octanol–water partition coefficient (Wildman–Crippen LogP) is 4.85. The van der Waals surface area contributed by atoms with E-state index in [9.17, 15) is 9.18 Å². The summed E-state index contributed by atoms with van der Waals surface area (Å²) in [6, 6.07) is 12.2. The Balaban J connectivity index is 1.38. The van der Waals surface area contributed by atoms with Crippen LogP contribution in [0.3, 0.4) is 0 Å². The first-order valence-electron chi connectivity index (χ1n) is 11.9. The molecule has 2 fully saturated rings. The molecule has 1 saturated heterocycles. The van der Waals surface area contributed by atoms with Crippen LogP contribution in [0.1, 0.15) is 61.1 Å². The van der Waals surface area contributed by atoms with Crippen molar-refractivity contribution < 1.29 is 9.18 Å². The first-order valence-corrected chi connectivity index (χ1v) is 11.9. The number of likely N-dealkylation sites (tertiary alicyclic amines) is 1. The maximum Gasteiger partial charge on any atom is 0.247 e. The van der Waals surface area contributed by atoms with Crippen LogP contribution in [0.2, 0.25) is 0 Å². The smallest absolute Gasteiger partial charge is 0.247 e. The van der Waals surface area contributed by atoms with Crippen LogP contribution in [-0.4, -0.2) is 47.3 Å². The number of halogens is 1. The Hall–Kier alpha value is -2.76. The first-order chi connectivity index (χ1) is 15.6. The van der Waals surface area contributed by atoms with Gasteiger partial charge in [-0.2, -0.15) is 5.10 Å². The van der Waals surface area contributed by atoms with Gasteiger partial charge in [-0.3, -0.25) is 9.18 Å². The van der Waals surface area contributed by atoms with Crippen LogP contribution in [0.5, 0.6) is 0 Å². The van der Waals surface area contributed by atoms with E-state index in [0.717, 1.165) is 16.8 Å². The molecule has 2 aromatic rings. The Morgan fingerprint density at radius 2 is 1.84 bits per heavy atom. The van der Waals surface area contributed by atoms with Crippen LogP contribution in [0.15, 0.2) is 47.7 Å². The molecule has 0 bridgehead atoms. The lowest BCUT2D eigenvalue weighted by Crippen LogP contribution is -2.56. The van der Waals surface area contributed by atoms with E-state index < -0.39 is 6.04 Å². The summed E-state index contributed by atoms with van der Waals surface area (Å²) in [5.41, 5.74) is 4.45. The molecule has 1 saturated carbocycles. The number of aryl methyl sites for hydroxylation is 1. The van der Waals surface area contributed by atoms with Crippen molar-refractivity contribution in [3.05, 3.63) is 59.3 Å². The number of nitrogens with zero attached hydrogens (tertiary/aromatic N) is 4. The van der Waals surface area contributed by atoms with E-state index in [1.165, 1.54) is 37.7 Å². The Bertz CT molecular complexity index is 993. The summed E-state index contributed by atoms with van der Waals surface area (Å²) in [5, 5.41) is 6.63. The van der Waals surface area contributed by atoms with Crippen LogP contribution in [-0.2, 0) is 4.79 Å². The number of pyridine rings is 1. The Morgan fingerprint density at radius 3 is 2.53 bits per heavy atom. The second-order valence-electron chi connectivity index (χ2n) is 9.52. The summed E-state index contributed by atoms with van der Waals surface area (Å²) in [4.78, 5) is 19.5. The molecular formula is C26H31FN4O. The molecule has 32 heavy (non-hydrogen) atoms. The van der Waals surface area contributed by atoms with Gasteiger partial charge in [-0.25, -0.2) is 9.99 Å². The third-order valence-electron chi connectivity index (χ3n) is 7.14. The van der Waals surface area contributed by atoms with Gasteiger partial charge in [-0.1, -0.05) is 43.5 Å². The van der Waals surface area contributed by atoms with Crippen molar-refractivity contribution in [1.82, 2.24) is 9.88 Å². The molecule has 3 heterocycles. The van der Waals surface area contributed by atoms with Gasteiger partial charge in [0, 0.05) is 31.6 Å². The second-order valence-corrected chi connectivity index (χ2v) is 9.52. The van der Waals surface area contributed by atoms with Crippen molar-refractivity contribution >= 4 is 17.4 Å². The van der Waals surface area contributed by atoms with Crippen molar-refractivity contribution in [3.63, 3.8) is 0 Å². The molecule has 168 valence electrons. The van der Waals surface area contributed by atoms with Crippen molar-refractivity contribution in [3.8, 4) is 0 Å². The van der Waals surface area contributed by atoms with E-state index >= 15 is 0 Å². The van der Waals surface area contributed by atoms with E-state index in [1.807, 2.05) is 19.1 Å². The second kappa shape index (κ2) is 9.00. The molecular weight excluding hydrogens is 403 g/mol. The number of aromatic nitrogens is 1. The van der Waals surface area contributed by atoms with E-state index in [4.69, 9.17) is 5.10 Å². The zero-order chi connectivity index (χ0) is 22.1. The number of alkyl halides is 1. The van der Waals surface area contributed by atoms with Crippen LogP contribution in [0.4, 0.5) is 10.2 Å². The Labute approximate surface area is 189 Å². The minimum Gasteiger partial charge on any atom is -0.340 e. The van der Waals surface area contributed by atoms with Crippen LogP contribution < -0.4 is 5.01 Å². The van der Waals surface area contributed by atoms with Crippen molar-refractivity contribution in [2.45, 2.75) is 57.4 Å². The average molecular weight is 435 g/mol. The lowest BCUT2D eigenvalue weighted by Gasteiger charge is -2.40. The number of carbonyl (C=O) groups is 1. The number of hydrogen-bond donors (Lipinski definition) is 0. The van der Waals surface area contributed by atoms with Gasteiger partial charge in [0.15, 0.2) is 0 Å². The minimum absolute atomic E-state index is 0.00980. The molecule has 0 N–H and O–H groups in total. The number of hydrogen-bond acceptors (Lipinski definition) is 4. The zero-order valence-electron chi connectivity index (χ0n) is 18.7. The number of hydrazone groups is 1. The third-order valence-corrected chi connectivity index (χ3v) is 7.14. The van der Waals surface area contributed by atoms with Gasteiger partial charge in [-0.15, -0.1) is 0 Å². The van der Waals surface area contributed by atoms with Crippen LogP contribution in [0, 0.1) is 12.8 Å². The molecule has 0 radical (unpaired) electrons. The maximum atomic E-state index is 13.3. The molecule has 5 nitrogen and oxygen atoms in total. The van der Waals surface area contributed by atoms with E-state index in [0.29, 0.717) is 31.2 Å². The molecule has 5 rings (SSSR count). The van der Waals surface area contributed by atoms with E-state index in [-0.39, 0.29) is 18.5 Å². The van der Waals surface area contributed by atoms with Crippen molar-refractivity contribution in [2.75, 3.05) is 24.8 Å². The summed E-state index contributed by atoms with van der Waals surface area (Å²) in [6.07, 6.45) is 8.84. The molecule has 1 aromatic heterocycles. The van der Waals surface area contributed by atoms with Gasteiger partial charge in [0.2, 0.25) is 5.91 Å². The summed E-state index contributed by atoms with van der Waals surface area (Å²) >= 11 is 0. The maximum absolute atomic E-state index is 13.3. The molecule has 3 aliphatic rings. The normalized spacial score (nSPS) is 22.1. The molecule has 1 unspecified atom stereocenters. The number of rotatable bonds is 5. The summed E-state index contributed by atoms with van der Waals surface area (Å²) in [7, 11) is 0. The minimum atomic E-state index is -0.433. The number of amides is 1. The summed E-state index contributed by atoms with van der Waals surface area (Å²) < 4.78 is 12.9. The SMILES string of the molecule is Cc1ccnc(N2N=C(c3ccc(C4CCCCC4)cc3)CC2C(=O)N2CC(CF)C2)c1. The lowest BCUT2D eigenvalue weighted by atomic mass is 9.84. The molecule has 6 heteroatoms. The van der Waals surface area contributed by atoms with Crippen molar-refractivity contribution in [2.24, 2.45) is 11.0 Å².